The molecule has 0 aliphatic carbocycles. The second-order valence-corrected chi connectivity index (χ2v) is 8.36. The van der Waals surface area contributed by atoms with Crippen LogP contribution in [0, 0.1) is 6.92 Å². The average molecular weight is 423 g/mol. The number of hydrogen-bond donors (Lipinski definition) is 1. The van der Waals surface area contributed by atoms with Gasteiger partial charge in [-0.25, -0.2) is 4.79 Å². The molecule has 2 aliphatic rings. The second-order valence-electron chi connectivity index (χ2n) is 6.72. The number of aromatic carboxylic acids is 1. The topological polar surface area (TPSA) is 60.9 Å². The first kappa shape index (κ1) is 19.4. The molecule has 1 saturated heterocycles. The van der Waals surface area contributed by atoms with Crippen molar-refractivity contribution in [3.63, 3.8) is 0 Å². The summed E-state index contributed by atoms with van der Waals surface area (Å²) in [4.78, 5) is 28.6. The monoisotopic (exact) mass is 422 g/mol. The van der Waals surface area contributed by atoms with Gasteiger partial charge in [-0.3, -0.25) is 9.69 Å². The lowest BCUT2D eigenvalue weighted by Gasteiger charge is -2.30. The van der Waals surface area contributed by atoms with E-state index in [4.69, 9.17) is 12.2 Å². The van der Waals surface area contributed by atoms with Gasteiger partial charge in [0.1, 0.15) is 4.91 Å². The van der Waals surface area contributed by atoms with Gasteiger partial charge in [0.05, 0.1) is 16.9 Å². The van der Waals surface area contributed by atoms with Gasteiger partial charge >= 0.3 is 5.97 Å². The van der Waals surface area contributed by atoms with Crippen LogP contribution in [0.5, 0.6) is 0 Å². The first-order valence-electron chi connectivity index (χ1n) is 9.11. The van der Waals surface area contributed by atoms with Crippen LogP contribution in [0.15, 0.2) is 59.1 Å². The summed E-state index contributed by atoms with van der Waals surface area (Å²) < 4.78 is 0.388. The predicted octanol–water partition coefficient (Wildman–Crippen LogP) is 4.82. The molecule has 2 aromatic carbocycles. The van der Waals surface area contributed by atoms with Crippen molar-refractivity contribution >= 4 is 57.6 Å². The Labute approximate surface area is 178 Å². The molecule has 0 unspecified atom stereocenters. The van der Waals surface area contributed by atoms with Gasteiger partial charge in [-0.1, -0.05) is 47.8 Å². The standard InChI is InChI=1S/C22H18N2O3S2/c1-3-23-17-9-7-13(2)11-14(17)8-10-18(23)19-20(25)24(22(28)29-19)16-6-4-5-15(12-16)21(26)27/h4-12H,3H2,1-2H3,(H,26,27)/b19-18-. The number of aryl methyl sites for hydroxylation is 1. The smallest absolute Gasteiger partial charge is 0.335 e. The van der Waals surface area contributed by atoms with E-state index < -0.39 is 5.97 Å². The fourth-order valence-electron chi connectivity index (χ4n) is 3.50. The first-order chi connectivity index (χ1) is 13.9. The van der Waals surface area contributed by atoms with Gasteiger partial charge in [0, 0.05) is 12.2 Å². The summed E-state index contributed by atoms with van der Waals surface area (Å²) in [5.41, 5.74) is 4.72. The summed E-state index contributed by atoms with van der Waals surface area (Å²) in [5.74, 6) is -1.29. The van der Waals surface area contributed by atoms with Crippen molar-refractivity contribution in [3.05, 3.63) is 75.8 Å². The van der Waals surface area contributed by atoms with E-state index in [1.165, 1.54) is 34.4 Å². The molecule has 5 nitrogen and oxygen atoms in total. The Balaban J connectivity index is 1.77. The number of rotatable bonds is 3. The molecule has 0 radical (unpaired) electrons. The zero-order valence-corrected chi connectivity index (χ0v) is 17.5. The van der Waals surface area contributed by atoms with E-state index in [1.54, 1.807) is 12.1 Å². The molecule has 7 heteroatoms. The Bertz CT molecular complexity index is 1120. The van der Waals surface area contributed by atoms with Crippen molar-refractivity contribution in [1.29, 1.82) is 0 Å². The Morgan fingerprint density at radius 1 is 1.17 bits per heavy atom. The van der Waals surface area contributed by atoms with E-state index in [-0.39, 0.29) is 11.5 Å². The zero-order chi connectivity index (χ0) is 20.7. The molecule has 0 aromatic heterocycles. The van der Waals surface area contributed by atoms with Crippen molar-refractivity contribution in [2.75, 3.05) is 16.3 Å². The summed E-state index contributed by atoms with van der Waals surface area (Å²) in [6.45, 7) is 4.80. The Hall–Kier alpha value is -2.90. The number of carbonyl (C=O) groups excluding carboxylic acids is 1. The largest absolute Gasteiger partial charge is 0.478 e. The molecule has 0 spiro atoms. The molecule has 1 amide bonds. The number of carboxylic acid groups (broad SMARTS) is 1. The van der Waals surface area contributed by atoms with Crippen LogP contribution < -0.4 is 9.80 Å². The number of thioether (sulfide) groups is 1. The van der Waals surface area contributed by atoms with Gasteiger partial charge in [0.15, 0.2) is 4.32 Å². The normalized spacial score (nSPS) is 18.4. The van der Waals surface area contributed by atoms with Gasteiger partial charge in [0.2, 0.25) is 0 Å². The third kappa shape index (κ3) is 3.36. The molecule has 29 heavy (non-hydrogen) atoms. The van der Waals surface area contributed by atoms with Gasteiger partial charge in [-0.05, 0) is 55.8 Å². The number of benzene rings is 2. The summed E-state index contributed by atoms with van der Waals surface area (Å²) in [6, 6.07) is 12.5. The van der Waals surface area contributed by atoms with E-state index >= 15 is 0 Å². The van der Waals surface area contributed by atoms with E-state index in [2.05, 4.69) is 30.0 Å². The fourth-order valence-corrected chi connectivity index (χ4v) is 4.86. The number of carbonyl (C=O) groups is 2. The maximum atomic E-state index is 13.3. The van der Waals surface area contributed by atoms with Gasteiger partial charge in [0.25, 0.3) is 5.91 Å². The average Bonchev–Trinajstić information content (AvgIpc) is 3.00. The minimum Gasteiger partial charge on any atom is -0.478 e. The number of amides is 1. The van der Waals surface area contributed by atoms with Crippen molar-refractivity contribution in [2.45, 2.75) is 13.8 Å². The quantitative estimate of drug-likeness (QED) is 0.565. The summed E-state index contributed by atoms with van der Waals surface area (Å²) in [5, 5.41) is 9.25. The molecule has 146 valence electrons. The number of hydrogen-bond acceptors (Lipinski definition) is 5. The lowest BCUT2D eigenvalue weighted by molar-refractivity contribution is -0.113. The van der Waals surface area contributed by atoms with Crippen LogP contribution in [-0.2, 0) is 4.79 Å². The molecule has 1 N–H and O–H groups in total. The van der Waals surface area contributed by atoms with Gasteiger partial charge in [-0.2, -0.15) is 0 Å². The molecule has 4 rings (SSSR count). The number of anilines is 2. The fraction of sp³-hybridized carbons (Fsp3) is 0.136. The molecule has 1 fully saturated rings. The number of fused-ring (bicyclic) bond motifs is 1. The minimum atomic E-state index is -1.05. The van der Waals surface area contributed by atoms with Crippen LogP contribution in [-0.4, -0.2) is 27.8 Å². The van der Waals surface area contributed by atoms with Gasteiger partial charge in [-0.15, -0.1) is 0 Å². The number of allylic oxidation sites excluding steroid dienone is 1. The predicted molar refractivity (Wildman–Crippen MR) is 121 cm³/mol. The van der Waals surface area contributed by atoms with Crippen molar-refractivity contribution in [1.82, 2.24) is 0 Å². The van der Waals surface area contributed by atoms with Crippen LogP contribution in [0.1, 0.15) is 28.4 Å². The highest BCUT2D eigenvalue weighted by Crippen LogP contribution is 2.41. The highest BCUT2D eigenvalue weighted by atomic mass is 32.2. The van der Waals surface area contributed by atoms with E-state index in [1.807, 2.05) is 19.1 Å². The van der Waals surface area contributed by atoms with Crippen LogP contribution >= 0.6 is 24.0 Å². The molecule has 0 saturated carbocycles. The van der Waals surface area contributed by atoms with E-state index in [0.717, 1.165) is 16.9 Å². The molecular formula is C22H18N2O3S2. The van der Waals surface area contributed by atoms with Crippen LogP contribution in [0.25, 0.3) is 6.08 Å². The lowest BCUT2D eigenvalue weighted by Crippen LogP contribution is -2.30. The minimum absolute atomic E-state index is 0.112. The highest BCUT2D eigenvalue weighted by Gasteiger charge is 2.37. The first-order valence-corrected chi connectivity index (χ1v) is 10.3. The summed E-state index contributed by atoms with van der Waals surface area (Å²) in [6.07, 6.45) is 3.96. The Morgan fingerprint density at radius 3 is 2.69 bits per heavy atom. The third-order valence-corrected chi connectivity index (χ3v) is 6.23. The molecule has 2 aliphatic heterocycles. The molecule has 0 atom stereocenters. The van der Waals surface area contributed by atoms with Crippen molar-refractivity contribution in [3.8, 4) is 0 Å². The maximum Gasteiger partial charge on any atom is 0.335 e. The number of carboxylic acids is 1. The van der Waals surface area contributed by atoms with Gasteiger partial charge < -0.3 is 10.0 Å². The second kappa shape index (κ2) is 7.50. The Morgan fingerprint density at radius 2 is 1.97 bits per heavy atom. The molecule has 2 heterocycles. The third-order valence-electron chi connectivity index (χ3n) is 4.85. The molecule has 2 aromatic rings. The van der Waals surface area contributed by atoms with E-state index in [0.29, 0.717) is 21.5 Å². The Kier molecular flexibility index (Phi) is 5.02. The molecule has 0 bridgehead atoms. The number of thiocarbonyl (C=S) groups is 1. The van der Waals surface area contributed by atoms with E-state index in [9.17, 15) is 14.7 Å². The highest BCUT2D eigenvalue weighted by molar-refractivity contribution is 8.27. The van der Waals surface area contributed by atoms with Crippen LogP contribution in [0.4, 0.5) is 11.4 Å². The van der Waals surface area contributed by atoms with Crippen molar-refractivity contribution in [2.24, 2.45) is 0 Å². The zero-order valence-electron chi connectivity index (χ0n) is 15.9. The summed E-state index contributed by atoms with van der Waals surface area (Å²) >= 11 is 6.71. The number of likely N-dealkylation sites (N-methyl/N-ethyl adjacent to an activating group) is 1. The SMILES string of the molecule is CCN1/C(=C2\SC(=S)N(c3cccc(C(=O)O)c3)C2=O)C=Cc2cc(C)ccc21. The van der Waals surface area contributed by atoms with Crippen LogP contribution in [0.3, 0.4) is 0 Å². The number of nitrogens with zero attached hydrogens (tertiary/aromatic N) is 2. The summed E-state index contributed by atoms with van der Waals surface area (Å²) in [7, 11) is 0. The maximum absolute atomic E-state index is 13.3. The van der Waals surface area contributed by atoms with Crippen LogP contribution in [0.2, 0.25) is 0 Å². The lowest BCUT2D eigenvalue weighted by atomic mass is 10.0. The van der Waals surface area contributed by atoms with Crippen molar-refractivity contribution < 1.29 is 14.7 Å². The molecular weight excluding hydrogens is 404 g/mol.